The number of hydrogen-bond donors (Lipinski definition) is 1. The minimum Gasteiger partial charge on any atom is -0.475 e. The highest BCUT2D eigenvalue weighted by Crippen LogP contribution is 1.96. The third kappa shape index (κ3) is 12.9. The molecule has 0 aliphatic rings. The minimum atomic E-state index is -1.39. The Labute approximate surface area is 140 Å². The van der Waals surface area contributed by atoms with E-state index in [1.54, 1.807) is 30.3 Å². The van der Waals surface area contributed by atoms with E-state index >= 15 is 0 Å². The van der Waals surface area contributed by atoms with Gasteiger partial charge in [0.15, 0.2) is 17.9 Å². The Morgan fingerprint density at radius 2 is 1.43 bits per heavy atom. The largest absolute Gasteiger partial charge is 0.475 e. The van der Waals surface area contributed by atoms with Crippen LogP contribution < -0.4 is 0 Å². The van der Waals surface area contributed by atoms with Gasteiger partial charge < -0.3 is 5.11 Å². The van der Waals surface area contributed by atoms with E-state index < -0.39 is 17.5 Å². The molecule has 0 amide bonds. The van der Waals surface area contributed by atoms with Crippen LogP contribution in [0.25, 0.3) is 0 Å². The molecule has 0 bridgehead atoms. The summed E-state index contributed by atoms with van der Waals surface area (Å²) < 4.78 is 0. The lowest BCUT2D eigenvalue weighted by molar-refractivity contribution is -0.147. The molecule has 0 unspecified atom stereocenters. The van der Waals surface area contributed by atoms with E-state index in [2.05, 4.69) is 15.9 Å². The maximum Gasteiger partial charge on any atom is 0.373 e. The van der Waals surface area contributed by atoms with Crippen molar-refractivity contribution in [1.82, 2.24) is 0 Å². The fourth-order valence-corrected chi connectivity index (χ4v) is 0.967. The van der Waals surface area contributed by atoms with E-state index in [1.165, 1.54) is 13.8 Å². The molecule has 0 saturated heterocycles. The van der Waals surface area contributed by atoms with Crippen LogP contribution in [0.2, 0.25) is 0 Å². The van der Waals surface area contributed by atoms with Crippen molar-refractivity contribution in [2.45, 2.75) is 13.8 Å². The van der Waals surface area contributed by atoms with Gasteiger partial charge in [-0.3, -0.25) is 24.0 Å². The third-order valence-corrected chi connectivity index (χ3v) is 2.53. The van der Waals surface area contributed by atoms with Gasteiger partial charge in [0.2, 0.25) is 11.6 Å². The SMILES string of the molecule is CC(=O)C(C)=O.O=C(O)C(=O)CBr.O=CC(=O)c1ccccc1. The summed E-state index contributed by atoms with van der Waals surface area (Å²) >= 11 is 2.68. The summed E-state index contributed by atoms with van der Waals surface area (Å²) in [5, 5.41) is 7.69. The van der Waals surface area contributed by atoms with Crippen molar-refractivity contribution in [2.75, 3.05) is 5.33 Å². The number of carbonyl (C=O) groups excluding carboxylic acids is 5. The van der Waals surface area contributed by atoms with Crippen molar-refractivity contribution in [2.24, 2.45) is 0 Å². The van der Waals surface area contributed by atoms with Gasteiger partial charge in [-0.1, -0.05) is 46.3 Å². The standard InChI is InChI=1S/C8H6O2.C4H6O2.C3H3BrO3/c9-6-8(10)7-4-2-1-3-5-7;1-3(5)4(2)6;4-1-2(5)3(6)7/h1-6H;1-2H3;1H2,(H,6,7). The van der Waals surface area contributed by atoms with Gasteiger partial charge in [-0.25, -0.2) is 4.79 Å². The molecule has 1 aromatic carbocycles. The topological polar surface area (TPSA) is 123 Å². The normalized spacial score (nSPS) is 8.30. The molecule has 0 aliphatic carbocycles. The highest BCUT2D eigenvalue weighted by atomic mass is 79.9. The van der Waals surface area contributed by atoms with E-state index in [0.29, 0.717) is 11.8 Å². The van der Waals surface area contributed by atoms with Gasteiger partial charge in [0.05, 0.1) is 5.33 Å². The summed E-state index contributed by atoms with van der Waals surface area (Å²) in [5.74, 6) is -3.44. The zero-order valence-electron chi connectivity index (χ0n) is 12.4. The number of benzene rings is 1. The maximum atomic E-state index is 10.6. The molecule has 0 fully saturated rings. The smallest absolute Gasteiger partial charge is 0.373 e. The van der Waals surface area contributed by atoms with Crippen molar-refractivity contribution >= 4 is 51.3 Å². The molecule has 7 nitrogen and oxygen atoms in total. The van der Waals surface area contributed by atoms with Crippen LogP contribution in [-0.2, 0) is 24.0 Å². The second-order valence-electron chi connectivity index (χ2n) is 3.82. The number of aliphatic carboxylic acids is 1. The van der Waals surface area contributed by atoms with E-state index in [-0.39, 0.29) is 16.9 Å². The molecule has 0 saturated carbocycles. The molecule has 0 atom stereocenters. The zero-order valence-corrected chi connectivity index (χ0v) is 14.0. The number of halogens is 1. The summed E-state index contributed by atoms with van der Waals surface area (Å²) in [7, 11) is 0. The van der Waals surface area contributed by atoms with Crippen LogP contribution in [-0.4, -0.2) is 45.8 Å². The first-order valence-electron chi connectivity index (χ1n) is 6.05. The lowest BCUT2D eigenvalue weighted by atomic mass is 10.1. The van der Waals surface area contributed by atoms with E-state index in [9.17, 15) is 28.8 Å². The number of alkyl halides is 1. The van der Waals surface area contributed by atoms with Crippen LogP contribution in [0.1, 0.15) is 24.2 Å². The molecule has 0 spiro atoms. The Bertz CT molecular complexity index is 567. The molecular formula is C15H15BrO7. The number of Topliss-reactive ketones (excluding diaryl/α,β-unsaturated/α-hetero) is 4. The first kappa shape index (κ1) is 22.8. The summed E-state index contributed by atoms with van der Waals surface area (Å²) in [6.45, 7) is 2.50. The summed E-state index contributed by atoms with van der Waals surface area (Å²) in [4.78, 5) is 59.6. The van der Waals surface area contributed by atoms with Gasteiger partial charge in [0, 0.05) is 19.4 Å². The predicted molar refractivity (Wildman–Crippen MR) is 84.6 cm³/mol. The van der Waals surface area contributed by atoms with Crippen LogP contribution in [0.3, 0.4) is 0 Å². The number of carbonyl (C=O) groups is 6. The maximum absolute atomic E-state index is 10.6. The van der Waals surface area contributed by atoms with Gasteiger partial charge in [-0.15, -0.1) is 0 Å². The number of ketones is 4. The van der Waals surface area contributed by atoms with Gasteiger partial charge in [0.25, 0.3) is 0 Å². The van der Waals surface area contributed by atoms with Crippen LogP contribution >= 0.6 is 15.9 Å². The molecule has 8 heteroatoms. The lowest BCUT2D eigenvalue weighted by Crippen LogP contribution is -2.12. The molecule has 0 aliphatic heterocycles. The monoisotopic (exact) mass is 386 g/mol. The van der Waals surface area contributed by atoms with Gasteiger partial charge in [0.1, 0.15) is 0 Å². The number of rotatable bonds is 5. The van der Waals surface area contributed by atoms with Crippen LogP contribution in [0.15, 0.2) is 30.3 Å². The van der Waals surface area contributed by atoms with E-state index in [4.69, 9.17) is 5.11 Å². The van der Waals surface area contributed by atoms with Crippen molar-refractivity contribution in [3.8, 4) is 0 Å². The number of carboxylic acids is 1. The highest BCUT2D eigenvalue weighted by Gasteiger charge is 2.06. The molecule has 23 heavy (non-hydrogen) atoms. The second-order valence-corrected chi connectivity index (χ2v) is 4.38. The van der Waals surface area contributed by atoms with Crippen molar-refractivity contribution in [3.63, 3.8) is 0 Å². The Morgan fingerprint density at radius 1 is 1.00 bits per heavy atom. The fourth-order valence-electron chi connectivity index (χ4n) is 0.728. The van der Waals surface area contributed by atoms with Crippen molar-refractivity contribution in [1.29, 1.82) is 0 Å². The van der Waals surface area contributed by atoms with Crippen molar-refractivity contribution in [3.05, 3.63) is 35.9 Å². The predicted octanol–water partition coefficient (Wildman–Crippen LogP) is 1.27. The van der Waals surface area contributed by atoms with Gasteiger partial charge >= 0.3 is 5.97 Å². The number of hydrogen-bond acceptors (Lipinski definition) is 6. The van der Waals surface area contributed by atoms with E-state index in [1.807, 2.05) is 0 Å². The second kappa shape index (κ2) is 13.2. The first-order chi connectivity index (χ1) is 10.7. The molecule has 124 valence electrons. The molecule has 0 radical (unpaired) electrons. The van der Waals surface area contributed by atoms with Crippen LogP contribution in [0.5, 0.6) is 0 Å². The third-order valence-electron chi connectivity index (χ3n) is 2.02. The zero-order chi connectivity index (χ0) is 18.4. The Balaban J connectivity index is 0. The molecule has 1 rings (SSSR count). The van der Waals surface area contributed by atoms with E-state index in [0.717, 1.165) is 0 Å². The fraction of sp³-hybridized carbons (Fsp3) is 0.200. The van der Waals surface area contributed by atoms with Gasteiger partial charge in [-0.05, 0) is 0 Å². The molecule has 1 N–H and O–H groups in total. The van der Waals surface area contributed by atoms with Crippen molar-refractivity contribution < 1.29 is 33.9 Å². The lowest BCUT2D eigenvalue weighted by Gasteiger charge is -1.88. The van der Waals surface area contributed by atoms with Crippen LogP contribution in [0.4, 0.5) is 0 Å². The van der Waals surface area contributed by atoms with Crippen LogP contribution in [0, 0.1) is 0 Å². The first-order valence-corrected chi connectivity index (χ1v) is 7.17. The summed E-state index contributed by atoms with van der Waals surface area (Å²) in [5.41, 5.74) is 0.442. The quantitative estimate of drug-likeness (QED) is 0.349. The minimum absolute atomic E-state index is 0.109. The Morgan fingerprint density at radius 3 is 1.65 bits per heavy atom. The Hall–Kier alpha value is -2.48. The average Bonchev–Trinajstić information content (AvgIpc) is 2.55. The molecular weight excluding hydrogens is 372 g/mol. The molecule has 0 aromatic heterocycles. The Kier molecular flexibility index (Phi) is 13.1. The number of aldehydes is 1. The molecule has 0 heterocycles. The van der Waals surface area contributed by atoms with Gasteiger partial charge in [-0.2, -0.15) is 0 Å². The summed E-state index contributed by atoms with van der Waals surface area (Å²) in [6.07, 6.45) is 0.315. The average molecular weight is 387 g/mol. The highest BCUT2D eigenvalue weighted by molar-refractivity contribution is 9.09. The summed E-state index contributed by atoms with van der Waals surface area (Å²) in [6, 6.07) is 8.45. The molecule has 1 aromatic rings. The number of carboxylic acid groups (broad SMARTS) is 1.